The van der Waals surface area contributed by atoms with Crippen molar-refractivity contribution in [3.8, 4) is 0 Å². The average molecular weight is 238 g/mol. The van der Waals surface area contributed by atoms with E-state index in [2.05, 4.69) is 9.97 Å². The molecule has 0 unspecified atom stereocenters. The van der Waals surface area contributed by atoms with Crippen LogP contribution in [0, 0.1) is 0 Å². The van der Waals surface area contributed by atoms with Gasteiger partial charge >= 0.3 is 0 Å². The maximum Gasteiger partial charge on any atom is 0.222 e. The second-order valence-electron chi connectivity index (χ2n) is 3.39. The average Bonchev–Trinajstić information content (AvgIpc) is 2.14. The summed E-state index contributed by atoms with van der Waals surface area (Å²) in [6.45, 7) is 0. The van der Waals surface area contributed by atoms with Gasteiger partial charge in [0.25, 0.3) is 0 Å². The van der Waals surface area contributed by atoms with Crippen LogP contribution in [-0.2, 0) is 9.84 Å². The van der Waals surface area contributed by atoms with E-state index in [0.717, 1.165) is 6.26 Å². The summed E-state index contributed by atoms with van der Waals surface area (Å²) in [5.41, 5.74) is 11.5. The first-order chi connectivity index (χ1) is 7.39. The molecular formula is C9H10N4O2S. The molecule has 0 fully saturated rings. The van der Waals surface area contributed by atoms with E-state index in [-0.39, 0.29) is 16.7 Å². The zero-order valence-electron chi connectivity index (χ0n) is 8.51. The van der Waals surface area contributed by atoms with Crippen LogP contribution in [0.15, 0.2) is 23.1 Å². The van der Waals surface area contributed by atoms with Crippen LogP contribution in [0.3, 0.4) is 0 Å². The maximum atomic E-state index is 11.5. The molecule has 16 heavy (non-hydrogen) atoms. The summed E-state index contributed by atoms with van der Waals surface area (Å²) in [5, 5.41) is 0.319. The van der Waals surface area contributed by atoms with Crippen LogP contribution in [0.4, 0.5) is 11.8 Å². The normalized spacial score (nSPS) is 11.8. The SMILES string of the molecule is CS(=O)(=O)c1cccc2nc(N)nc(N)c12. The Balaban J connectivity index is 2.99. The summed E-state index contributed by atoms with van der Waals surface area (Å²) in [7, 11) is -3.37. The van der Waals surface area contributed by atoms with Crippen molar-refractivity contribution in [2.75, 3.05) is 17.7 Å². The molecule has 2 aromatic rings. The van der Waals surface area contributed by atoms with Gasteiger partial charge in [0.05, 0.1) is 15.8 Å². The van der Waals surface area contributed by atoms with E-state index >= 15 is 0 Å². The lowest BCUT2D eigenvalue weighted by atomic mass is 10.2. The standard InChI is InChI=1S/C9H10N4O2S/c1-16(14,15)6-4-2-3-5-7(6)8(10)13-9(11)12-5/h2-4H,1H3,(H4,10,11,12,13). The Hall–Kier alpha value is -1.89. The number of benzene rings is 1. The summed E-state index contributed by atoms with van der Waals surface area (Å²) >= 11 is 0. The fourth-order valence-electron chi connectivity index (χ4n) is 1.51. The molecular weight excluding hydrogens is 228 g/mol. The lowest BCUT2D eigenvalue weighted by Crippen LogP contribution is -2.05. The van der Waals surface area contributed by atoms with E-state index in [4.69, 9.17) is 11.5 Å². The summed E-state index contributed by atoms with van der Waals surface area (Å²) in [6, 6.07) is 4.69. The maximum absolute atomic E-state index is 11.5. The third-order valence-corrected chi connectivity index (χ3v) is 3.27. The lowest BCUT2D eigenvalue weighted by Gasteiger charge is -2.06. The number of aromatic nitrogens is 2. The van der Waals surface area contributed by atoms with Crippen molar-refractivity contribution in [3.63, 3.8) is 0 Å². The van der Waals surface area contributed by atoms with Crippen molar-refractivity contribution in [2.24, 2.45) is 0 Å². The molecule has 1 aromatic heterocycles. The molecule has 0 radical (unpaired) electrons. The molecule has 0 aliphatic rings. The summed E-state index contributed by atoms with van der Waals surface area (Å²) in [5.74, 6) is 0.0965. The predicted octanol–water partition coefficient (Wildman–Crippen LogP) is 0.198. The minimum Gasteiger partial charge on any atom is -0.383 e. The quantitative estimate of drug-likeness (QED) is 0.733. The van der Waals surface area contributed by atoms with Gasteiger partial charge in [0.1, 0.15) is 5.82 Å². The van der Waals surface area contributed by atoms with Crippen molar-refractivity contribution in [1.29, 1.82) is 0 Å². The number of hydrogen-bond acceptors (Lipinski definition) is 6. The van der Waals surface area contributed by atoms with Crippen LogP contribution in [0.5, 0.6) is 0 Å². The third kappa shape index (κ3) is 1.65. The van der Waals surface area contributed by atoms with Gasteiger partial charge in [-0.15, -0.1) is 0 Å². The zero-order chi connectivity index (χ0) is 11.9. The monoisotopic (exact) mass is 238 g/mol. The van der Waals surface area contributed by atoms with Gasteiger partial charge in [-0.2, -0.15) is 4.98 Å². The Labute approximate surface area is 92.2 Å². The number of sulfone groups is 1. The molecule has 6 nitrogen and oxygen atoms in total. The first-order valence-corrected chi connectivity index (χ1v) is 6.30. The molecule has 0 saturated heterocycles. The molecule has 2 rings (SSSR count). The van der Waals surface area contributed by atoms with E-state index in [1.165, 1.54) is 6.07 Å². The number of nitrogens with two attached hydrogens (primary N) is 2. The largest absolute Gasteiger partial charge is 0.383 e. The second kappa shape index (κ2) is 3.31. The molecule has 0 bridgehead atoms. The summed E-state index contributed by atoms with van der Waals surface area (Å²) in [4.78, 5) is 7.80. The van der Waals surface area contributed by atoms with E-state index in [1.807, 2.05) is 0 Å². The summed E-state index contributed by atoms with van der Waals surface area (Å²) in [6.07, 6.45) is 1.11. The Morgan fingerprint density at radius 2 is 1.88 bits per heavy atom. The highest BCUT2D eigenvalue weighted by Crippen LogP contribution is 2.26. The Bertz CT molecular complexity index is 667. The van der Waals surface area contributed by atoms with Crippen molar-refractivity contribution in [3.05, 3.63) is 18.2 Å². The number of rotatable bonds is 1. The van der Waals surface area contributed by atoms with Crippen molar-refractivity contribution >= 4 is 32.5 Å². The lowest BCUT2D eigenvalue weighted by molar-refractivity contribution is 0.602. The number of fused-ring (bicyclic) bond motifs is 1. The van der Waals surface area contributed by atoms with Crippen molar-refractivity contribution in [1.82, 2.24) is 9.97 Å². The van der Waals surface area contributed by atoms with Crippen molar-refractivity contribution < 1.29 is 8.42 Å². The van der Waals surface area contributed by atoms with E-state index in [0.29, 0.717) is 10.9 Å². The van der Waals surface area contributed by atoms with Gasteiger partial charge in [0, 0.05) is 6.26 Å². The molecule has 1 heterocycles. The third-order valence-electron chi connectivity index (χ3n) is 2.13. The molecule has 4 N–H and O–H groups in total. The van der Waals surface area contributed by atoms with E-state index < -0.39 is 9.84 Å². The number of hydrogen-bond donors (Lipinski definition) is 2. The molecule has 7 heteroatoms. The highest BCUT2D eigenvalue weighted by Gasteiger charge is 2.15. The Morgan fingerprint density at radius 1 is 1.19 bits per heavy atom. The molecule has 0 aliphatic carbocycles. The van der Waals surface area contributed by atoms with Crippen LogP contribution in [0.2, 0.25) is 0 Å². The first-order valence-electron chi connectivity index (χ1n) is 4.41. The predicted molar refractivity (Wildman–Crippen MR) is 61.5 cm³/mol. The second-order valence-corrected chi connectivity index (χ2v) is 5.37. The Morgan fingerprint density at radius 3 is 2.50 bits per heavy atom. The smallest absolute Gasteiger partial charge is 0.222 e. The molecule has 0 spiro atoms. The molecule has 0 atom stereocenters. The van der Waals surface area contributed by atoms with Crippen LogP contribution >= 0.6 is 0 Å². The number of nitrogens with zero attached hydrogens (tertiary/aromatic N) is 2. The zero-order valence-corrected chi connectivity index (χ0v) is 9.32. The molecule has 0 aliphatic heterocycles. The fraction of sp³-hybridized carbons (Fsp3) is 0.111. The van der Waals surface area contributed by atoms with Crippen LogP contribution in [0.25, 0.3) is 10.9 Å². The van der Waals surface area contributed by atoms with Gasteiger partial charge in [-0.1, -0.05) is 6.07 Å². The van der Waals surface area contributed by atoms with E-state index in [9.17, 15) is 8.42 Å². The fourth-order valence-corrected chi connectivity index (χ4v) is 2.41. The van der Waals surface area contributed by atoms with Crippen molar-refractivity contribution in [2.45, 2.75) is 4.90 Å². The van der Waals surface area contributed by atoms with Gasteiger partial charge in [0.2, 0.25) is 5.95 Å². The molecule has 0 amide bonds. The number of nitrogen functional groups attached to an aromatic ring is 2. The van der Waals surface area contributed by atoms with Crippen LogP contribution in [0.1, 0.15) is 0 Å². The minimum atomic E-state index is -3.37. The van der Waals surface area contributed by atoms with Crippen LogP contribution < -0.4 is 11.5 Å². The topological polar surface area (TPSA) is 112 Å². The Kier molecular flexibility index (Phi) is 2.20. The molecule has 1 aromatic carbocycles. The molecule has 0 saturated carbocycles. The van der Waals surface area contributed by atoms with Gasteiger partial charge < -0.3 is 11.5 Å². The number of anilines is 2. The van der Waals surface area contributed by atoms with Gasteiger partial charge in [-0.25, -0.2) is 13.4 Å². The van der Waals surface area contributed by atoms with Crippen LogP contribution in [-0.4, -0.2) is 24.6 Å². The van der Waals surface area contributed by atoms with Gasteiger partial charge in [-0.3, -0.25) is 0 Å². The highest BCUT2D eigenvalue weighted by molar-refractivity contribution is 7.91. The van der Waals surface area contributed by atoms with Gasteiger partial charge in [0.15, 0.2) is 9.84 Å². The van der Waals surface area contributed by atoms with Gasteiger partial charge in [-0.05, 0) is 12.1 Å². The molecule has 84 valence electrons. The minimum absolute atomic E-state index is 0.0238. The summed E-state index contributed by atoms with van der Waals surface area (Å²) < 4.78 is 23.1. The first kappa shape index (κ1) is 10.6. The highest BCUT2D eigenvalue weighted by atomic mass is 32.2. The van der Waals surface area contributed by atoms with E-state index in [1.54, 1.807) is 12.1 Å².